The monoisotopic (exact) mass is 313 g/mol. The lowest BCUT2D eigenvalue weighted by Crippen LogP contribution is -2.24. The molecule has 2 aromatic rings. The van der Waals surface area contributed by atoms with Crippen molar-refractivity contribution in [3.63, 3.8) is 0 Å². The fourth-order valence-corrected chi connectivity index (χ4v) is 1.78. The zero-order valence-corrected chi connectivity index (χ0v) is 12.0. The van der Waals surface area contributed by atoms with Crippen molar-refractivity contribution in [3.05, 3.63) is 46.2 Å². The summed E-state index contributed by atoms with van der Waals surface area (Å²) in [6.45, 7) is 0.720. The molecule has 1 aromatic heterocycles. The van der Waals surface area contributed by atoms with Gasteiger partial charge < -0.3 is 10.1 Å². The Kier molecular flexibility index (Phi) is 5.26. The van der Waals surface area contributed by atoms with Gasteiger partial charge in [-0.3, -0.25) is 9.89 Å². The Hall–Kier alpha value is -1.72. The van der Waals surface area contributed by atoms with Crippen LogP contribution in [0, 0.1) is 0 Å². The highest BCUT2D eigenvalue weighted by molar-refractivity contribution is 6.42. The molecule has 0 saturated carbocycles. The largest absolute Gasteiger partial charge is 0.493 e. The third-order valence-electron chi connectivity index (χ3n) is 2.53. The van der Waals surface area contributed by atoms with E-state index in [-0.39, 0.29) is 18.9 Å². The highest BCUT2D eigenvalue weighted by Gasteiger charge is 2.04. The van der Waals surface area contributed by atoms with Crippen LogP contribution in [0.1, 0.15) is 12.0 Å². The summed E-state index contributed by atoms with van der Waals surface area (Å²) in [4.78, 5) is 11.6. The molecule has 0 fully saturated rings. The highest BCUT2D eigenvalue weighted by atomic mass is 35.5. The molecule has 0 bridgehead atoms. The summed E-state index contributed by atoms with van der Waals surface area (Å²) in [6.07, 6.45) is 3.65. The standard InChI is InChI=1S/C13H13Cl2N3O2/c14-11-2-1-10(5-12(11)15)20-4-3-13(19)16-6-9-7-17-18-8-9/h1-2,5,7-8H,3-4,6H2,(H,16,19)(H,17,18). The van der Waals surface area contributed by atoms with E-state index in [1.54, 1.807) is 30.6 Å². The van der Waals surface area contributed by atoms with Crippen molar-refractivity contribution < 1.29 is 9.53 Å². The second-order valence-electron chi connectivity index (χ2n) is 4.06. The Morgan fingerprint density at radius 1 is 1.35 bits per heavy atom. The molecule has 0 aliphatic rings. The smallest absolute Gasteiger partial charge is 0.223 e. The average molecular weight is 314 g/mol. The van der Waals surface area contributed by atoms with Crippen LogP contribution in [0.15, 0.2) is 30.6 Å². The zero-order valence-electron chi connectivity index (χ0n) is 10.5. The van der Waals surface area contributed by atoms with Gasteiger partial charge in [0.05, 0.1) is 29.3 Å². The summed E-state index contributed by atoms with van der Waals surface area (Å²) in [5, 5.41) is 10.1. The molecule has 0 radical (unpaired) electrons. The van der Waals surface area contributed by atoms with E-state index in [1.165, 1.54) is 0 Å². The second-order valence-corrected chi connectivity index (χ2v) is 4.87. The maximum absolute atomic E-state index is 11.6. The molecule has 2 N–H and O–H groups in total. The summed E-state index contributed by atoms with van der Waals surface area (Å²) >= 11 is 11.7. The predicted octanol–water partition coefficient (Wildman–Crippen LogP) is 2.80. The van der Waals surface area contributed by atoms with Crippen molar-refractivity contribution in [2.45, 2.75) is 13.0 Å². The number of hydrogen-bond donors (Lipinski definition) is 2. The molecule has 1 heterocycles. The lowest BCUT2D eigenvalue weighted by Gasteiger charge is -2.07. The van der Waals surface area contributed by atoms with Gasteiger partial charge in [-0.1, -0.05) is 23.2 Å². The van der Waals surface area contributed by atoms with Gasteiger partial charge in [0, 0.05) is 24.4 Å². The number of amides is 1. The molecule has 0 spiro atoms. The number of halogens is 2. The third-order valence-corrected chi connectivity index (χ3v) is 3.27. The van der Waals surface area contributed by atoms with E-state index < -0.39 is 0 Å². The van der Waals surface area contributed by atoms with E-state index in [0.717, 1.165) is 5.56 Å². The third kappa shape index (κ3) is 4.43. The van der Waals surface area contributed by atoms with Gasteiger partial charge in [-0.25, -0.2) is 0 Å². The van der Waals surface area contributed by atoms with Crippen molar-refractivity contribution in [1.29, 1.82) is 0 Å². The quantitative estimate of drug-likeness (QED) is 0.861. The zero-order chi connectivity index (χ0) is 14.4. The van der Waals surface area contributed by atoms with E-state index in [0.29, 0.717) is 22.3 Å². The van der Waals surface area contributed by atoms with Crippen molar-refractivity contribution >= 4 is 29.1 Å². The Morgan fingerprint density at radius 3 is 2.90 bits per heavy atom. The number of rotatable bonds is 6. The van der Waals surface area contributed by atoms with Crippen LogP contribution in [0.3, 0.4) is 0 Å². The molecule has 0 unspecified atom stereocenters. The molecular formula is C13H13Cl2N3O2. The van der Waals surface area contributed by atoms with Crippen LogP contribution < -0.4 is 10.1 Å². The van der Waals surface area contributed by atoms with E-state index >= 15 is 0 Å². The lowest BCUT2D eigenvalue weighted by molar-refractivity contribution is -0.121. The molecule has 0 saturated heterocycles. The molecule has 0 aliphatic carbocycles. The average Bonchev–Trinajstić information content (AvgIpc) is 2.94. The molecule has 106 valence electrons. The maximum Gasteiger partial charge on any atom is 0.223 e. The minimum atomic E-state index is -0.0914. The van der Waals surface area contributed by atoms with Crippen LogP contribution in [-0.2, 0) is 11.3 Å². The summed E-state index contributed by atoms with van der Waals surface area (Å²) < 4.78 is 5.43. The molecular weight excluding hydrogens is 301 g/mol. The molecule has 1 aromatic carbocycles. The SMILES string of the molecule is O=C(CCOc1ccc(Cl)c(Cl)c1)NCc1cn[nH]c1. The Bertz CT molecular complexity index is 573. The van der Waals surface area contributed by atoms with Crippen molar-refractivity contribution in [3.8, 4) is 5.75 Å². The van der Waals surface area contributed by atoms with Crippen LogP contribution >= 0.6 is 23.2 Å². The normalized spacial score (nSPS) is 10.3. The second kappa shape index (κ2) is 7.17. The molecule has 0 atom stereocenters. The molecule has 0 aliphatic heterocycles. The van der Waals surface area contributed by atoms with E-state index in [9.17, 15) is 4.79 Å². The van der Waals surface area contributed by atoms with Crippen molar-refractivity contribution in [2.75, 3.05) is 6.61 Å². The van der Waals surface area contributed by atoms with Gasteiger partial charge >= 0.3 is 0 Å². The fraction of sp³-hybridized carbons (Fsp3) is 0.231. The van der Waals surface area contributed by atoms with Gasteiger partial charge in [0.15, 0.2) is 0 Å². The number of nitrogens with zero attached hydrogens (tertiary/aromatic N) is 1. The molecule has 5 nitrogen and oxygen atoms in total. The van der Waals surface area contributed by atoms with Gasteiger partial charge in [0.25, 0.3) is 0 Å². The molecule has 20 heavy (non-hydrogen) atoms. The van der Waals surface area contributed by atoms with E-state index in [4.69, 9.17) is 27.9 Å². The van der Waals surface area contributed by atoms with Crippen LogP contribution in [-0.4, -0.2) is 22.7 Å². The Balaban J connectivity index is 1.69. The number of nitrogens with one attached hydrogen (secondary N) is 2. The van der Waals surface area contributed by atoms with E-state index in [2.05, 4.69) is 15.5 Å². The lowest BCUT2D eigenvalue weighted by atomic mass is 10.3. The van der Waals surface area contributed by atoms with Crippen LogP contribution in [0.25, 0.3) is 0 Å². The highest BCUT2D eigenvalue weighted by Crippen LogP contribution is 2.26. The van der Waals surface area contributed by atoms with Gasteiger partial charge in [0.1, 0.15) is 5.75 Å². The molecule has 1 amide bonds. The van der Waals surface area contributed by atoms with Crippen molar-refractivity contribution in [2.24, 2.45) is 0 Å². The summed E-state index contributed by atoms with van der Waals surface area (Å²) in [5.74, 6) is 0.494. The first-order valence-corrected chi connectivity index (χ1v) is 6.73. The van der Waals surface area contributed by atoms with Gasteiger partial charge in [-0.05, 0) is 12.1 Å². The Labute approximate surface area is 126 Å². The Morgan fingerprint density at radius 2 is 2.20 bits per heavy atom. The fourth-order valence-electron chi connectivity index (χ4n) is 1.49. The summed E-state index contributed by atoms with van der Waals surface area (Å²) in [7, 11) is 0. The topological polar surface area (TPSA) is 67.0 Å². The number of benzene rings is 1. The number of aromatic amines is 1. The number of aromatic nitrogens is 2. The summed E-state index contributed by atoms with van der Waals surface area (Å²) in [6, 6.07) is 4.98. The van der Waals surface area contributed by atoms with Crippen molar-refractivity contribution in [1.82, 2.24) is 15.5 Å². The minimum absolute atomic E-state index is 0.0914. The first kappa shape index (κ1) is 14.7. The number of ether oxygens (including phenoxy) is 1. The van der Waals surface area contributed by atoms with Gasteiger partial charge in [-0.15, -0.1) is 0 Å². The number of carbonyl (C=O) groups is 1. The first-order valence-electron chi connectivity index (χ1n) is 5.97. The van der Waals surface area contributed by atoms with Crippen LogP contribution in [0.2, 0.25) is 10.0 Å². The number of H-pyrrole nitrogens is 1. The minimum Gasteiger partial charge on any atom is -0.493 e. The van der Waals surface area contributed by atoms with Crippen LogP contribution in [0.5, 0.6) is 5.75 Å². The molecule has 2 rings (SSSR count). The number of hydrogen-bond acceptors (Lipinski definition) is 3. The summed E-state index contributed by atoms with van der Waals surface area (Å²) in [5.41, 5.74) is 0.920. The van der Waals surface area contributed by atoms with Crippen LogP contribution in [0.4, 0.5) is 0 Å². The van der Waals surface area contributed by atoms with E-state index in [1.807, 2.05) is 0 Å². The number of carbonyl (C=O) groups excluding carboxylic acids is 1. The maximum atomic E-state index is 11.6. The molecule has 7 heteroatoms. The van der Waals surface area contributed by atoms with Gasteiger partial charge in [0.2, 0.25) is 5.91 Å². The first-order chi connectivity index (χ1) is 9.65. The predicted molar refractivity (Wildman–Crippen MR) is 77.0 cm³/mol. The van der Waals surface area contributed by atoms with Gasteiger partial charge in [-0.2, -0.15) is 5.10 Å².